The Labute approximate surface area is 149 Å². The number of pyridine rings is 1. The van der Waals surface area contributed by atoms with Gasteiger partial charge in [-0.2, -0.15) is 4.98 Å². The molecule has 5 nitrogen and oxygen atoms in total. The number of nitrogen functional groups attached to an aromatic ring is 1. The number of carbonyl (C=O) groups excluding carboxylic acids is 1. The molecule has 1 aromatic heterocycles. The van der Waals surface area contributed by atoms with Crippen molar-refractivity contribution in [3.05, 3.63) is 16.7 Å². The number of carbonyl (C=O) groups is 1. The fraction of sp³-hybridized carbons (Fsp3) is 0.667. The second kappa shape index (κ2) is 8.67. The van der Waals surface area contributed by atoms with Gasteiger partial charge in [0, 0.05) is 24.9 Å². The third-order valence-electron chi connectivity index (χ3n) is 4.47. The first-order valence-electron chi connectivity index (χ1n) is 8.62. The number of likely N-dealkylation sites (tertiary alicyclic amines) is 1. The number of halogens is 1. The first-order chi connectivity index (χ1) is 11.4. The van der Waals surface area contributed by atoms with E-state index in [2.05, 4.69) is 23.7 Å². The van der Waals surface area contributed by atoms with Gasteiger partial charge >= 0.3 is 0 Å². The average Bonchev–Trinajstić information content (AvgIpc) is 2.52. The van der Waals surface area contributed by atoms with E-state index < -0.39 is 0 Å². The molecule has 0 aliphatic carbocycles. The van der Waals surface area contributed by atoms with E-state index in [1.54, 1.807) is 6.07 Å². The van der Waals surface area contributed by atoms with E-state index in [1.807, 2.05) is 0 Å². The highest BCUT2D eigenvalue weighted by molar-refractivity contribution is 6.32. The van der Waals surface area contributed by atoms with Crippen molar-refractivity contribution in [3.8, 4) is 5.88 Å². The van der Waals surface area contributed by atoms with Crippen molar-refractivity contribution in [2.45, 2.75) is 39.5 Å². The highest BCUT2D eigenvalue weighted by Gasteiger charge is 2.22. The predicted molar refractivity (Wildman–Crippen MR) is 97.5 cm³/mol. The standard InChI is InChI=1S/C18H28ClN3O2/c1-12(2)11-22-6-4-13(5-7-22)8-15(23)9-14-10-16(19)17(20)21-18(14)24-3/h10,12-13H,4-9,11H2,1-3H3,(H2,20,21). The molecule has 2 N–H and O–H groups in total. The summed E-state index contributed by atoms with van der Waals surface area (Å²) in [5, 5.41) is 0.362. The second-order valence-corrected chi connectivity index (χ2v) is 7.49. The van der Waals surface area contributed by atoms with Crippen LogP contribution in [0, 0.1) is 11.8 Å². The highest BCUT2D eigenvalue weighted by Crippen LogP contribution is 2.27. The zero-order chi connectivity index (χ0) is 17.7. The van der Waals surface area contributed by atoms with Crippen LogP contribution in [0.15, 0.2) is 6.07 Å². The quantitative estimate of drug-likeness (QED) is 0.815. The first-order valence-corrected chi connectivity index (χ1v) is 8.99. The number of ketones is 1. The Morgan fingerprint density at radius 3 is 2.71 bits per heavy atom. The van der Waals surface area contributed by atoms with Gasteiger partial charge in [-0.15, -0.1) is 0 Å². The highest BCUT2D eigenvalue weighted by atomic mass is 35.5. The number of hydrogen-bond donors (Lipinski definition) is 1. The van der Waals surface area contributed by atoms with Gasteiger partial charge in [-0.3, -0.25) is 4.79 Å². The number of methoxy groups -OCH3 is 1. The maximum Gasteiger partial charge on any atom is 0.218 e. The molecular formula is C18H28ClN3O2. The van der Waals surface area contributed by atoms with Crippen molar-refractivity contribution >= 4 is 23.2 Å². The number of nitrogens with two attached hydrogens (primary N) is 1. The molecule has 0 aromatic carbocycles. The van der Waals surface area contributed by atoms with Crippen molar-refractivity contribution in [2.24, 2.45) is 11.8 Å². The zero-order valence-corrected chi connectivity index (χ0v) is 15.6. The van der Waals surface area contributed by atoms with Gasteiger partial charge in [0.15, 0.2) is 0 Å². The fourth-order valence-electron chi connectivity index (χ4n) is 3.32. The summed E-state index contributed by atoms with van der Waals surface area (Å²) in [6, 6.07) is 1.69. The molecule has 6 heteroatoms. The number of anilines is 1. The van der Waals surface area contributed by atoms with Crippen molar-refractivity contribution in [1.82, 2.24) is 9.88 Å². The molecule has 1 aliphatic rings. The van der Waals surface area contributed by atoms with Crippen LogP contribution >= 0.6 is 11.6 Å². The molecule has 0 spiro atoms. The lowest BCUT2D eigenvalue weighted by molar-refractivity contribution is -0.119. The number of ether oxygens (including phenoxy) is 1. The summed E-state index contributed by atoms with van der Waals surface area (Å²) < 4.78 is 5.21. The van der Waals surface area contributed by atoms with Gasteiger partial charge in [0.25, 0.3) is 0 Å². The molecule has 1 aromatic rings. The van der Waals surface area contributed by atoms with Crippen LogP contribution in [0.3, 0.4) is 0 Å². The van der Waals surface area contributed by atoms with Crippen LogP contribution < -0.4 is 10.5 Å². The Morgan fingerprint density at radius 2 is 2.12 bits per heavy atom. The molecule has 1 saturated heterocycles. The molecule has 1 fully saturated rings. The van der Waals surface area contributed by atoms with E-state index in [0.717, 1.165) is 32.5 Å². The minimum absolute atomic E-state index is 0.207. The second-order valence-electron chi connectivity index (χ2n) is 7.08. The third kappa shape index (κ3) is 5.35. The number of rotatable bonds is 7. The smallest absolute Gasteiger partial charge is 0.218 e. The van der Waals surface area contributed by atoms with E-state index in [0.29, 0.717) is 41.1 Å². The number of hydrogen-bond acceptors (Lipinski definition) is 5. The van der Waals surface area contributed by atoms with E-state index in [-0.39, 0.29) is 11.6 Å². The number of aromatic nitrogens is 1. The summed E-state index contributed by atoms with van der Waals surface area (Å²) in [6.07, 6.45) is 3.09. The monoisotopic (exact) mass is 353 g/mol. The molecule has 0 bridgehead atoms. The van der Waals surface area contributed by atoms with Crippen molar-refractivity contribution < 1.29 is 9.53 Å². The Balaban J connectivity index is 1.87. The lowest BCUT2D eigenvalue weighted by atomic mass is 9.90. The minimum atomic E-state index is 0.207. The summed E-state index contributed by atoms with van der Waals surface area (Å²) in [4.78, 5) is 19.0. The molecule has 0 amide bonds. The van der Waals surface area contributed by atoms with Gasteiger partial charge in [0.1, 0.15) is 11.6 Å². The molecule has 0 saturated carbocycles. The summed E-state index contributed by atoms with van der Waals surface area (Å²) in [7, 11) is 1.52. The van der Waals surface area contributed by atoms with Crippen molar-refractivity contribution in [3.63, 3.8) is 0 Å². The molecule has 2 heterocycles. The lowest BCUT2D eigenvalue weighted by Gasteiger charge is -2.32. The van der Waals surface area contributed by atoms with Crippen LogP contribution in [0.5, 0.6) is 5.88 Å². The van der Waals surface area contributed by atoms with E-state index in [1.165, 1.54) is 7.11 Å². The third-order valence-corrected chi connectivity index (χ3v) is 4.77. The van der Waals surface area contributed by atoms with Gasteiger partial charge < -0.3 is 15.4 Å². The molecule has 2 rings (SSSR count). The first kappa shape index (κ1) is 19.0. The molecule has 134 valence electrons. The SMILES string of the molecule is COc1nc(N)c(Cl)cc1CC(=O)CC1CCN(CC(C)C)CC1. The van der Waals surface area contributed by atoms with Gasteiger partial charge in [-0.05, 0) is 43.8 Å². The molecule has 0 radical (unpaired) electrons. The summed E-state index contributed by atoms with van der Waals surface area (Å²) in [6.45, 7) is 7.82. The van der Waals surface area contributed by atoms with Crippen LogP contribution in [0.25, 0.3) is 0 Å². The molecular weight excluding hydrogens is 326 g/mol. The number of nitrogens with zero attached hydrogens (tertiary/aromatic N) is 2. The summed E-state index contributed by atoms with van der Waals surface area (Å²) in [5.74, 6) is 1.99. The maximum atomic E-state index is 12.4. The van der Waals surface area contributed by atoms with E-state index >= 15 is 0 Å². The topological polar surface area (TPSA) is 68.5 Å². The molecule has 0 unspecified atom stereocenters. The summed E-state index contributed by atoms with van der Waals surface area (Å²) in [5.41, 5.74) is 6.39. The van der Waals surface area contributed by atoms with Crippen LogP contribution in [-0.4, -0.2) is 42.4 Å². The Bertz CT molecular complexity index is 570. The van der Waals surface area contributed by atoms with Gasteiger partial charge in [-0.25, -0.2) is 0 Å². The molecule has 0 atom stereocenters. The van der Waals surface area contributed by atoms with Crippen LogP contribution in [0.4, 0.5) is 5.82 Å². The van der Waals surface area contributed by atoms with Crippen molar-refractivity contribution in [1.29, 1.82) is 0 Å². The molecule has 1 aliphatic heterocycles. The van der Waals surface area contributed by atoms with E-state index in [9.17, 15) is 4.79 Å². The molecule has 24 heavy (non-hydrogen) atoms. The predicted octanol–water partition coefficient (Wildman–Crippen LogP) is 3.20. The van der Waals surface area contributed by atoms with Gasteiger partial charge in [-0.1, -0.05) is 25.4 Å². The summed E-state index contributed by atoms with van der Waals surface area (Å²) >= 11 is 6.02. The largest absolute Gasteiger partial charge is 0.481 e. The Morgan fingerprint density at radius 1 is 1.46 bits per heavy atom. The number of Topliss-reactive ketones (excluding diaryl/α,β-unsaturated/α-hetero) is 1. The Kier molecular flexibility index (Phi) is 6.87. The van der Waals surface area contributed by atoms with Crippen LogP contribution in [-0.2, 0) is 11.2 Å². The average molecular weight is 354 g/mol. The van der Waals surface area contributed by atoms with Crippen LogP contribution in [0.2, 0.25) is 5.02 Å². The zero-order valence-electron chi connectivity index (χ0n) is 14.8. The number of piperidine rings is 1. The van der Waals surface area contributed by atoms with Crippen LogP contribution in [0.1, 0.15) is 38.7 Å². The lowest BCUT2D eigenvalue weighted by Crippen LogP contribution is -2.36. The van der Waals surface area contributed by atoms with Crippen molar-refractivity contribution in [2.75, 3.05) is 32.5 Å². The van der Waals surface area contributed by atoms with Gasteiger partial charge in [0.2, 0.25) is 5.88 Å². The maximum absolute atomic E-state index is 12.4. The van der Waals surface area contributed by atoms with Gasteiger partial charge in [0.05, 0.1) is 12.1 Å². The van der Waals surface area contributed by atoms with E-state index in [4.69, 9.17) is 22.1 Å². The Hall–Kier alpha value is -1.33. The minimum Gasteiger partial charge on any atom is -0.481 e. The normalized spacial score (nSPS) is 16.5. The fourth-order valence-corrected chi connectivity index (χ4v) is 3.50.